The quantitative estimate of drug-likeness (QED) is 0.612. The smallest absolute Gasteiger partial charge is 0.120 e. The number of rotatable bonds is 2. The number of anilines is 1. The van der Waals surface area contributed by atoms with Crippen LogP contribution in [-0.2, 0) is 6.54 Å². The molecule has 14 heavy (non-hydrogen) atoms. The molecule has 0 fully saturated rings. The first-order chi connectivity index (χ1) is 5.59. The van der Waals surface area contributed by atoms with Crippen molar-refractivity contribution in [3.05, 3.63) is 23.8 Å². The van der Waals surface area contributed by atoms with Crippen LogP contribution in [0.15, 0.2) is 18.2 Å². The summed E-state index contributed by atoms with van der Waals surface area (Å²) in [5, 5.41) is 9.40. The first-order valence-electron chi connectivity index (χ1n) is 3.81. The van der Waals surface area contributed by atoms with Crippen LogP contribution in [-0.4, -0.2) is 24.1 Å². The fourth-order valence-electron chi connectivity index (χ4n) is 1.07. The minimum Gasteiger partial charge on any atom is -0.508 e. The first kappa shape index (κ1) is 15.8. The lowest BCUT2D eigenvalue weighted by molar-refractivity contribution is 0.386. The second-order valence-corrected chi connectivity index (χ2v) is 3.13. The first-order valence-corrected chi connectivity index (χ1v) is 3.81. The Balaban J connectivity index is 0. The van der Waals surface area contributed by atoms with E-state index in [4.69, 9.17) is 5.73 Å². The summed E-state index contributed by atoms with van der Waals surface area (Å²) < 4.78 is 0. The van der Waals surface area contributed by atoms with Gasteiger partial charge in [0.05, 0.1) is 0 Å². The Kier molecular flexibility index (Phi) is 7.64. The topological polar surface area (TPSA) is 49.5 Å². The van der Waals surface area contributed by atoms with E-state index in [1.54, 1.807) is 18.2 Å². The molecule has 0 aliphatic heterocycles. The van der Waals surface area contributed by atoms with Crippen molar-refractivity contribution in [3.8, 4) is 5.75 Å². The average molecular weight is 239 g/mol. The highest BCUT2D eigenvalue weighted by atomic mass is 35.5. The van der Waals surface area contributed by atoms with Crippen LogP contribution in [0, 0.1) is 0 Å². The van der Waals surface area contributed by atoms with Crippen LogP contribution >= 0.6 is 24.8 Å². The molecule has 0 amide bonds. The zero-order chi connectivity index (χ0) is 9.14. The summed E-state index contributed by atoms with van der Waals surface area (Å²) in [6.07, 6.45) is 0. The maximum Gasteiger partial charge on any atom is 0.120 e. The Bertz CT molecular complexity index is 280. The van der Waals surface area contributed by atoms with Crippen molar-refractivity contribution in [1.29, 1.82) is 0 Å². The zero-order valence-electron chi connectivity index (χ0n) is 8.23. The number of hydrogen-bond acceptors (Lipinski definition) is 3. The molecule has 0 radical (unpaired) electrons. The normalized spacial score (nSPS) is 9.07. The van der Waals surface area contributed by atoms with Crippen molar-refractivity contribution in [2.75, 3.05) is 19.8 Å². The molecule has 0 atom stereocenters. The predicted molar refractivity (Wildman–Crippen MR) is 64.4 cm³/mol. The second kappa shape index (κ2) is 6.76. The number of phenolic OH excluding ortho intramolecular Hbond substituents is 1. The van der Waals surface area contributed by atoms with E-state index in [2.05, 4.69) is 0 Å². The molecule has 0 spiro atoms. The van der Waals surface area contributed by atoms with Crippen molar-refractivity contribution >= 4 is 30.5 Å². The fraction of sp³-hybridized carbons (Fsp3) is 0.333. The van der Waals surface area contributed by atoms with Crippen LogP contribution < -0.4 is 5.73 Å². The highest BCUT2D eigenvalue weighted by Crippen LogP contribution is 2.20. The molecular formula is C9H16Cl2N2O. The number of halogens is 2. The van der Waals surface area contributed by atoms with Gasteiger partial charge in [-0.15, -0.1) is 24.8 Å². The van der Waals surface area contributed by atoms with Crippen molar-refractivity contribution < 1.29 is 5.11 Å². The van der Waals surface area contributed by atoms with Gasteiger partial charge in [-0.05, 0) is 32.3 Å². The Morgan fingerprint density at radius 3 is 2.36 bits per heavy atom. The molecule has 0 aliphatic rings. The van der Waals surface area contributed by atoms with Gasteiger partial charge in [-0.3, -0.25) is 0 Å². The average Bonchev–Trinajstić information content (AvgIpc) is 1.96. The maximum atomic E-state index is 9.40. The number of nitrogens with two attached hydrogens (primary N) is 1. The molecule has 0 unspecified atom stereocenters. The summed E-state index contributed by atoms with van der Waals surface area (Å²) in [5.41, 5.74) is 7.12. The van der Waals surface area contributed by atoms with Gasteiger partial charge in [0.15, 0.2) is 0 Å². The van der Waals surface area contributed by atoms with Crippen LogP contribution in [0.4, 0.5) is 5.69 Å². The summed E-state index contributed by atoms with van der Waals surface area (Å²) in [4.78, 5) is 1.98. The molecule has 0 saturated carbocycles. The number of nitrogen functional groups attached to an aromatic ring is 1. The van der Waals surface area contributed by atoms with Gasteiger partial charge in [0, 0.05) is 17.8 Å². The van der Waals surface area contributed by atoms with Crippen LogP contribution in [0.5, 0.6) is 5.75 Å². The molecule has 5 heteroatoms. The third-order valence-electron chi connectivity index (χ3n) is 1.59. The largest absolute Gasteiger partial charge is 0.508 e. The third-order valence-corrected chi connectivity index (χ3v) is 1.59. The minimum atomic E-state index is 0. The minimum absolute atomic E-state index is 0. The lowest BCUT2D eigenvalue weighted by atomic mass is 10.2. The molecule has 1 aromatic rings. The molecule has 0 aromatic heterocycles. The Morgan fingerprint density at radius 1 is 1.29 bits per heavy atom. The van der Waals surface area contributed by atoms with Crippen LogP contribution in [0.25, 0.3) is 0 Å². The predicted octanol–water partition coefficient (Wildman–Crippen LogP) is 1.88. The van der Waals surface area contributed by atoms with E-state index >= 15 is 0 Å². The molecule has 82 valence electrons. The molecule has 0 saturated heterocycles. The molecule has 1 rings (SSSR count). The number of aromatic hydroxyl groups is 1. The summed E-state index contributed by atoms with van der Waals surface area (Å²) in [5.74, 6) is 0.304. The summed E-state index contributed by atoms with van der Waals surface area (Å²) in [7, 11) is 3.89. The van der Waals surface area contributed by atoms with Crippen molar-refractivity contribution in [2.24, 2.45) is 0 Å². The SMILES string of the molecule is CN(C)Cc1cc(N)ccc1O.Cl.Cl. The van der Waals surface area contributed by atoms with Gasteiger partial charge < -0.3 is 15.7 Å². The highest BCUT2D eigenvalue weighted by molar-refractivity contribution is 5.85. The fourth-order valence-corrected chi connectivity index (χ4v) is 1.07. The Labute approximate surface area is 96.7 Å². The third kappa shape index (κ3) is 4.56. The lowest BCUT2D eigenvalue weighted by Crippen LogP contribution is -2.10. The molecule has 0 heterocycles. The van der Waals surface area contributed by atoms with Gasteiger partial charge in [-0.2, -0.15) is 0 Å². The van der Waals surface area contributed by atoms with E-state index in [1.807, 2.05) is 19.0 Å². The standard InChI is InChI=1S/C9H14N2O.2ClH/c1-11(2)6-7-5-8(10)3-4-9(7)12;;/h3-5,12H,6,10H2,1-2H3;2*1H. The van der Waals surface area contributed by atoms with E-state index in [0.29, 0.717) is 18.0 Å². The van der Waals surface area contributed by atoms with E-state index in [0.717, 1.165) is 5.56 Å². The number of benzene rings is 1. The van der Waals surface area contributed by atoms with E-state index in [1.165, 1.54) is 0 Å². The molecule has 0 aliphatic carbocycles. The van der Waals surface area contributed by atoms with Gasteiger partial charge in [0.2, 0.25) is 0 Å². The number of nitrogens with zero attached hydrogens (tertiary/aromatic N) is 1. The van der Waals surface area contributed by atoms with Crippen LogP contribution in [0.1, 0.15) is 5.56 Å². The Hall–Kier alpha value is -0.640. The van der Waals surface area contributed by atoms with Crippen LogP contribution in [0.2, 0.25) is 0 Å². The molecular weight excluding hydrogens is 223 g/mol. The van der Waals surface area contributed by atoms with E-state index in [-0.39, 0.29) is 24.8 Å². The van der Waals surface area contributed by atoms with Crippen molar-refractivity contribution in [1.82, 2.24) is 4.90 Å². The monoisotopic (exact) mass is 238 g/mol. The van der Waals surface area contributed by atoms with E-state index in [9.17, 15) is 5.11 Å². The summed E-state index contributed by atoms with van der Waals surface area (Å²) >= 11 is 0. The van der Waals surface area contributed by atoms with E-state index < -0.39 is 0 Å². The molecule has 0 bridgehead atoms. The van der Waals surface area contributed by atoms with Crippen molar-refractivity contribution in [2.45, 2.75) is 6.54 Å². The summed E-state index contributed by atoms with van der Waals surface area (Å²) in [6.45, 7) is 0.705. The summed E-state index contributed by atoms with van der Waals surface area (Å²) in [6, 6.07) is 5.10. The van der Waals surface area contributed by atoms with Gasteiger partial charge in [-0.1, -0.05) is 0 Å². The van der Waals surface area contributed by atoms with Gasteiger partial charge in [0.25, 0.3) is 0 Å². The zero-order valence-corrected chi connectivity index (χ0v) is 9.86. The molecule has 3 N–H and O–H groups in total. The van der Waals surface area contributed by atoms with Gasteiger partial charge in [0.1, 0.15) is 5.75 Å². The van der Waals surface area contributed by atoms with Gasteiger partial charge >= 0.3 is 0 Å². The van der Waals surface area contributed by atoms with Crippen molar-refractivity contribution in [3.63, 3.8) is 0 Å². The lowest BCUT2D eigenvalue weighted by Gasteiger charge is -2.11. The van der Waals surface area contributed by atoms with Crippen LogP contribution in [0.3, 0.4) is 0 Å². The second-order valence-electron chi connectivity index (χ2n) is 3.13. The maximum absolute atomic E-state index is 9.40. The molecule has 3 nitrogen and oxygen atoms in total. The highest BCUT2D eigenvalue weighted by Gasteiger charge is 2.01. The number of phenols is 1. The number of hydrogen-bond donors (Lipinski definition) is 2. The van der Waals surface area contributed by atoms with Gasteiger partial charge in [-0.25, -0.2) is 0 Å². The Morgan fingerprint density at radius 2 is 1.86 bits per heavy atom. The molecule has 1 aromatic carbocycles.